The molecule has 0 bridgehead atoms. The fourth-order valence-electron chi connectivity index (χ4n) is 4.65. The molecule has 1 amide bonds. The molecule has 42 heavy (non-hydrogen) atoms. The number of carbonyl (C=O) groups is 1. The summed E-state index contributed by atoms with van der Waals surface area (Å²) >= 11 is 5.78. The second kappa shape index (κ2) is 14.7. The largest absolute Gasteiger partial charge is 0.434 e. The molecule has 1 atom stereocenters. The monoisotopic (exact) mass is 645 g/mol. The van der Waals surface area contributed by atoms with Crippen LogP contribution in [-0.4, -0.2) is 59.3 Å². The average Bonchev–Trinajstić information content (AvgIpc) is 3.24. The van der Waals surface area contributed by atoms with Gasteiger partial charge in [0.15, 0.2) is 5.69 Å². The van der Waals surface area contributed by atoms with Gasteiger partial charge in [0, 0.05) is 25.1 Å². The van der Waals surface area contributed by atoms with E-state index in [4.69, 9.17) is 20.0 Å². The molecule has 2 aromatic rings. The van der Waals surface area contributed by atoms with Crippen LogP contribution < -0.4 is 10.1 Å². The highest BCUT2D eigenvalue weighted by Gasteiger charge is 2.35. The number of hydrogen-bond acceptors (Lipinski definition) is 7. The molecule has 1 aromatic heterocycles. The van der Waals surface area contributed by atoms with Crippen LogP contribution in [0.3, 0.4) is 0 Å². The van der Waals surface area contributed by atoms with Crippen molar-refractivity contribution < 1.29 is 50.1 Å². The molecule has 3 N–H and O–H groups in total. The van der Waals surface area contributed by atoms with Crippen molar-refractivity contribution in [2.75, 3.05) is 6.54 Å². The number of aromatic nitrogens is 2. The molecule has 0 radical (unpaired) electrons. The number of benzene rings is 1. The van der Waals surface area contributed by atoms with Crippen molar-refractivity contribution in [3.05, 3.63) is 34.5 Å². The van der Waals surface area contributed by atoms with Gasteiger partial charge in [0.2, 0.25) is 0 Å². The minimum absolute atomic E-state index is 0.00367. The third-order valence-electron chi connectivity index (χ3n) is 7.16. The molecule has 1 aliphatic carbocycles. The molecule has 0 unspecified atom stereocenters. The van der Waals surface area contributed by atoms with Crippen LogP contribution >= 0.6 is 11.6 Å². The van der Waals surface area contributed by atoms with Gasteiger partial charge in [-0.1, -0.05) is 24.6 Å². The Labute approximate surface area is 248 Å². The van der Waals surface area contributed by atoms with Gasteiger partial charge in [-0.15, -0.1) is 0 Å². The highest BCUT2D eigenvalue weighted by molar-refractivity contribution is 7.51. The summed E-state index contributed by atoms with van der Waals surface area (Å²) in [4.78, 5) is 13.0. The summed E-state index contributed by atoms with van der Waals surface area (Å²) < 4.78 is 87.4. The zero-order valence-corrected chi connectivity index (χ0v) is 24.7. The zero-order valence-electron chi connectivity index (χ0n) is 23.1. The van der Waals surface area contributed by atoms with Gasteiger partial charge in [0.1, 0.15) is 5.75 Å². The molecule has 0 saturated heterocycles. The Hall–Kier alpha value is -2.62. The van der Waals surface area contributed by atoms with E-state index < -0.39 is 60.1 Å². The lowest BCUT2D eigenvalue weighted by molar-refractivity contribution is -0.146. The van der Waals surface area contributed by atoms with Crippen molar-refractivity contribution in [3.8, 4) is 17.0 Å². The molecule has 9 nitrogen and oxygen atoms in total. The lowest BCUT2D eigenvalue weighted by atomic mass is 9.79. The summed E-state index contributed by atoms with van der Waals surface area (Å²) in [5, 5.41) is 28.2. The maximum Gasteiger partial charge on any atom is 0.389 e. The molecular formula is C26H33ClF5N3O6S. The van der Waals surface area contributed by atoms with Crippen LogP contribution in [0.25, 0.3) is 11.3 Å². The van der Waals surface area contributed by atoms with Gasteiger partial charge in [-0.2, -0.15) is 35.5 Å². The van der Waals surface area contributed by atoms with E-state index in [1.165, 1.54) is 16.8 Å². The van der Waals surface area contributed by atoms with E-state index in [9.17, 15) is 37.0 Å². The average molecular weight is 646 g/mol. The quantitative estimate of drug-likeness (QED) is 0.296. The summed E-state index contributed by atoms with van der Waals surface area (Å²) in [5.41, 5.74) is -3.23. The molecule has 0 aliphatic heterocycles. The van der Waals surface area contributed by atoms with Crippen LogP contribution in [-0.2, 0) is 23.7 Å². The van der Waals surface area contributed by atoms with E-state index >= 15 is 0 Å². The van der Waals surface area contributed by atoms with Crippen LogP contribution in [0.15, 0.2) is 18.2 Å². The second-order valence-electron chi connectivity index (χ2n) is 10.5. The molecule has 0 spiro atoms. The van der Waals surface area contributed by atoms with Crippen molar-refractivity contribution in [2.45, 2.75) is 89.8 Å². The number of nitrogens with one attached hydrogen (secondary N) is 1. The van der Waals surface area contributed by atoms with Crippen LogP contribution in [0, 0.1) is 5.92 Å². The predicted octanol–water partition coefficient (Wildman–Crippen LogP) is 5.38. The van der Waals surface area contributed by atoms with Crippen molar-refractivity contribution in [1.82, 2.24) is 15.1 Å². The number of aryl methyl sites for hydroxylation is 1. The molecule has 1 aromatic carbocycles. The summed E-state index contributed by atoms with van der Waals surface area (Å²) in [6.45, 7) is 1.81. The Balaban J connectivity index is 0.00000197. The second-order valence-corrected chi connectivity index (χ2v) is 11.0. The number of halogens is 6. The first kappa shape index (κ1) is 35.6. The number of aliphatic hydroxyl groups is 2. The maximum absolute atomic E-state index is 13.3. The summed E-state index contributed by atoms with van der Waals surface area (Å²) in [6, 6.07) is 3.59. The lowest BCUT2D eigenvalue weighted by Crippen LogP contribution is -2.45. The predicted molar refractivity (Wildman–Crippen MR) is 144 cm³/mol. The summed E-state index contributed by atoms with van der Waals surface area (Å²) in [5.74, 6) is -0.630. The van der Waals surface area contributed by atoms with Crippen molar-refractivity contribution in [3.63, 3.8) is 0 Å². The number of alkyl halides is 5. The highest BCUT2D eigenvalue weighted by atomic mass is 35.5. The van der Waals surface area contributed by atoms with E-state index in [-0.39, 0.29) is 40.6 Å². The standard InChI is InChI=1S/C26H33ClF5N3O4.O2S/c1-4-35-21(19(27)20(34-35)22(36)33-14-25(38)9-7-15(2)8-10-25)17-6-5-16(13-18(17)39-23(28)29)24(3,37)11-12-26(30,31)32;1-3-2/h5-6,13,15,23,37-38H,4,7-12,14H2,1-3H3,(H,33,36);/t15?,24-,25?;/m0./s1. The van der Waals surface area contributed by atoms with Gasteiger partial charge in [-0.3, -0.25) is 9.48 Å². The Morgan fingerprint density at radius 1 is 1.26 bits per heavy atom. The first-order valence-electron chi connectivity index (χ1n) is 13.0. The maximum atomic E-state index is 13.3. The van der Waals surface area contributed by atoms with Gasteiger partial charge in [-0.25, -0.2) is 0 Å². The van der Waals surface area contributed by atoms with E-state index in [1.807, 2.05) is 0 Å². The van der Waals surface area contributed by atoms with Crippen LogP contribution in [0.4, 0.5) is 22.0 Å². The number of ether oxygens (including phenoxy) is 1. The summed E-state index contributed by atoms with van der Waals surface area (Å²) in [6.07, 6.45) is -3.79. The molecule has 1 heterocycles. The van der Waals surface area contributed by atoms with Gasteiger partial charge < -0.3 is 20.3 Å². The lowest BCUT2D eigenvalue weighted by Gasteiger charge is -2.34. The minimum atomic E-state index is -4.52. The fraction of sp³-hybridized carbons (Fsp3) is 0.615. The Kier molecular flexibility index (Phi) is 12.5. The normalized spacial score (nSPS) is 20.3. The van der Waals surface area contributed by atoms with Crippen molar-refractivity contribution in [2.24, 2.45) is 5.92 Å². The Morgan fingerprint density at radius 3 is 2.38 bits per heavy atom. The minimum Gasteiger partial charge on any atom is -0.434 e. The molecule has 3 rings (SSSR count). The van der Waals surface area contributed by atoms with Gasteiger partial charge in [0.05, 0.1) is 21.9 Å². The number of hydrogen-bond donors (Lipinski definition) is 3. The molecule has 236 valence electrons. The SMILES string of the molecule is CCn1nc(C(=O)NCC2(O)CCC(C)CC2)c(Cl)c1-c1ccc([C@@](C)(O)CCC(F)(F)F)cc1OC(F)F.O=S=O. The Morgan fingerprint density at radius 2 is 1.86 bits per heavy atom. The van der Waals surface area contributed by atoms with Gasteiger partial charge >= 0.3 is 24.4 Å². The highest BCUT2D eigenvalue weighted by Crippen LogP contribution is 2.41. The molecule has 1 aliphatic rings. The van der Waals surface area contributed by atoms with Crippen molar-refractivity contribution >= 4 is 29.1 Å². The third-order valence-corrected chi connectivity index (χ3v) is 7.52. The van der Waals surface area contributed by atoms with Crippen LogP contribution in [0.1, 0.15) is 75.3 Å². The van der Waals surface area contributed by atoms with Crippen LogP contribution in [0.2, 0.25) is 5.02 Å². The first-order valence-corrected chi connectivity index (χ1v) is 14.1. The third kappa shape index (κ3) is 9.71. The molecular weight excluding hydrogens is 613 g/mol. The van der Waals surface area contributed by atoms with Gasteiger partial charge in [-0.05, 0) is 69.6 Å². The van der Waals surface area contributed by atoms with E-state index in [2.05, 4.69) is 22.1 Å². The zero-order chi connectivity index (χ0) is 31.9. The van der Waals surface area contributed by atoms with Crippen molar-refractivity contribution in [1.29, 1.82) is 0 Å². The first-order chi connectivity index (χ1) is 19.5. The van der Waals surface area contributed by atoms with Crippen LogP contribution in [0.5, 0.6) is 5.75 Å². The number of rotatable bonds is 10. The van der Waals surface area contributed by atoms with E-state index in [0.29, 0.717) is 18.8 Å². The Bertz CT molecular complexity index is 1260. The fourth-order valence-corrected chi connectivity index (χ4v) is 4.97. The number of nitrogens with zero attached hydrogens (tertiary/aromatic N) is 2. The molecule has 16 heteroatoms. The molecule has 1 saturated carbocycles. The topological polar surface area (TPSA) is 131 Å². The smallest absolute Gasteiger partial charge is 0.389 e. The molecule has 1 fully saturated rings. The number of amides is 1. The van der Waals surface area contributed by atoms with Gasteiger partial charge in [0.25, 0.3) is 5.91 Å². The van der Waals surface area contributed by atoms with E-state index in [1.54, 1.807) is 6.92 Å². The van der Waals surface area contributed by atoms with E-state index in [0.717, 1.165) is 25.8 Å². The number of carbonyl (C=O) groups excluding carboxylic acids is 1. The summed E-state index contributed by atoms with van der Waals surface area (Å²) in [7, 11) is 0.